The Hall–Kier alpha value is -1.80. The van der Waals surface area contributed by atoms with Gasteiger partial charge >= 0.3 is 0 Å². The number of rotatable bonds is 4. The van der Waals surface area contributed by atoms with Crippen LogP contribution in [0.5, 0.6) is 11.5 Å². The van der Waals surface area contributed by atoms with Crippen molar-refractivity contribution in [1.82, 2.24) is 0 Å². The SMILES string of the molecule is CC(C)(CO)c1cccc(Oc2ccccc2)c1. The summed E-state index contributed by atoms with van der Waals surface area (Å²) in [7, 11) is 0. The van der Waals surface area contributed by atoms with Gasteiger partial charge in [0.25, 0.3) is 0 Å². The molecule has 2 aromatic carbocycles. The fourth-order valence-electron chi connectivity index (χ4n) is 1.70. The summed E-state index contributed by atoms with van der Waals surface area (Å²) in [5.41, 5.74) is 0.814. The van der Waals surface area contributed by atoms with Crippen molar-refractivity contribution in [2.24, 2.45) is 0 Å². The van der Waals surface area contributed by atoms with E-state index in [0.29, 0.717) is 0 Å². The van der Waals surface area contributed by atoms with Gasteiger partial charge in [-0.1, -0.05) is 44.2 Å². The summed E-state index contributed by atoms with van der Waals surface area (Å²) in [6.45, 7) is 4.13. The second kappa shape index (κ2) is 5.23. The van der Waals surface area contributed by atoms with E-state index in [1.807, 2.05) is 68.4 Å². The van der Waals surface area contributed by atoms with Gasteiger partial charge in [-0.15, -0.1) is 0 Å². The van der Waals surface area contributed by atoms with Gasteiger partial charge in [-0.2, -0.15) is 0 Å². The highest BCUT2D eigenvalue weighted by molar-refractivity contribution is 5.36. The molecule has 2 aromatic rings. The van der Waals surface area contributed by atoms with Crippen LogP contribution in [0.1, 0.15) is 19.4 Å². The van der Waals surface area contributed by atoms with Crippen molar-refractivity contribution < 1.29 is 9.84 Å². The van der Waals surface area contributed by atoms with Gasteiger partial charge in [0.05, 0.1) is 6.61 Å². The van der Waals surface area contributed by atoms with Gasteiger partial charge in [0.15, 0.2) is 0 Å². The molecule has 2 rings (SSSR count). The third-order valence-corrected chi connectivity index (χ3v) is 2.99. The summed E-state index contributed by atoms with van der Waals surface area (Å²) in [6, 6.07) is 17.5. The molecule has 0 aliphatic carbocycles. The number of hydrogen-bond donors (Lipinski definition) is 1. The second-order valence-electron chi connectivity index (χ2n) is 4.98. The zero-order valence-corrected chi connectivity index (χ0v) is 10.8. The molecule has 94 valence electrons. The summed E-state index contributed by atoms with van der Waals surface area (Å²) < 4.78 is 5.78. The Morgan fingerprint density at radius 3 is 2.28 bits per heavy atom. The quantitative estimate of drug-likeness (QED) is 0.884. The van der Waals surface area contributed by atoms with E-state index >= 15 is 0 Å². The highest BCUT2D eigenvalue weighted by Gasteiger charge is 2.19. The van der Waals surface area contributed by atoms with Crippen molar-refractivity contribution in [2.75, 3.05) is 6.61 Å². The lowest BCUT2D eigenvalue weighted by Crippen LogP contribution is -2.21. The first-order chi connectivity index (χ1) is 8.62. The fraction of sp³-hybridized carbons (Fsp3) is 0.250. The normalized spacial score (nSPS) is 11.3. The first-order valence-electron chi connectivity index (χ1n) is 6.06. The zero-order valence-electron chi connectivity index (χ0n) is 10.8. The predicted octanol–water partition coefficient (Wildman–Crippen LogP) is 3.75. The Balaban J connectivity index is 2.23. The second-order valence-corrected chi connectivity index (χ2v) is 4.98. The van der Waals surface area contributed by atoms with Crippen molar-refractivity contribution in [1.29, 1.82) is 0 Å². The van der Waals surface area contributed by atoms with Crippen molar-refractivity contribution in [2.45, 2.75) is 19.3 Å². The van der Waals surface area contributed by atoms with E-state index in [2.05, 4.69) is 0 Å². The maximum Gasteiger partial charge on any atom is 0.127 e. The third-order valence-electron chi connectivity index (χ3n) is 2.99. The first kappa shape index (κ1) is 12.7. The number of benzene rings is 2. The van der Waals surface area contributed by atoms with E-state index in [-0.39, 0.29) is 12.0 Å². The van der Waals surface area contributed by atoms with Crippen LogP contribution >= 0.6 is 0 Å². The molecule has 18 heavy (non-hydrogen) atoms. The van der Waals surface area contributed by atoms with Gasteiger partial charge in [0.2, 0.25) is 0 Å². The van der Waals surface area contributed by atoms with Gasteiger partial charge in [-0.3, -0.25) is 0 Å². The lowest BCUT2D eigenvalue weighted by molar-refractivity contribution is 0.218. The molecule has 2 nitrogen and oxygen atoms in total. The third kappa shape index (κ3) is 2.90. The number of aliphatic hydroxyl groups is 1. The summed E-state index contributed by atoms with van der Waals surface area (Å²) >= 11 is 0. The Morgan fingerprint density at radius 1 is 0.944 bits per heavy atom. The van der Waals surface area contributed by atoms with Gasteiger partial charge in [0, 0.05) is 5.41 Å². The molecular weight excluding hydrogens is 224 g/mol. The summed E-state index contributed by atoms with van der Waals surface area (Å²) in [5.74, 6) is 1.61. The Bertz CT molecular complexity index is 504. The standard InChI is InChI=1S/C16H18O2/c1-16(2,12-17)13-7-6-10-15(11-13)18-14-8-4-3-5-9-14/h3-11,17H,12H2,1-2H3. The molecule has 0 saturated carbocycles. The maximum absolute atomic E-state index is 9.39. The smallest absolute Gasteiger partial charge is 0.127 e. The predicted molar refractivity (Wildman–Crippen MR) is 73.1 cm³/mol. The van der Waals surface area contributed by atoms with Crippen LogP contribution in [0.3, 0.4) is 0 Å². The molecule has 0 heterocycles. The van der Waals surface area contributed by atoms with Crippen LogP contribution < -0.4 is 4.74 Å². The van der Waals surface area contributed by atoms with Crippen molar-refractivity contribution in [3.8, 4) is 11.5 Å². The Morgan fingerprint density at radius 2 is 1.61 bits per heavy atom. The van der Waals surface area contributed by atoms with Gasteiger partial charge in [0.1, 0.15) is 11.5 Å². The van der Waals surface area contributed by atoms with Crippen molar-refractivity contribution >= 4 is 0 Å². The average molecular weight is 242 g/mol. The molecular formula is C16H18O2. The van der Waals surface area contributed by atoms with Crippen LogP contribution in [0.15, 0.2) is 54.6 Å². The monoisotopic (exact) mass is 242 g/mol. The minimum Gasteiger partial charge on any atom is -0.457 e. The average Bonchev–Trinajstić information content (AvgIpc) is 2.40. The molecule has 2 heteroatoms. The lowest BCUT2D eigenvalue weighted by Gasteiger charge is -2.22. The van der Waals surface area contributed by atoms with Crippen molar-refractivity contribution in [3.05, 3.63) is 60.2 Å². The molecule has 0 bridgehead atoms. The molecule has 0 saturated heterocycles. The van der Waals surface area contributed by atoms with Crippen LogP contribution in [0.2, 0.25) is 0 Å². The largest absolute Gasteiger partial charge is 0.457 e. The van der Waals surface area contributed by atoms with E-state index in [1.54, 1.807) is 0 Å². The molecule has 0 amide bonds. The van der Waals surface area contributed by atoms with E-state index in [1.165, 1.54) is 0 Å². The Kier molecular flexibility index (Phi) is 3.68. The summed E-state index contributed by atoms with van der Waals surface area (Å²) in [5, 5.41) is 9.39. The van der Waals surface area contributed by atoms with Gasteiger partial charge < -0.3 is 9.84 Å². The molecule has 0 radical (unpaired) electrons. The maximum atomic E-state index is 9.39. The van der Waals surface area contributed by atoms with E-state index < -0.39 is 0 Å². The molecule has 0 spiro atoms. The topological polar surface area (TPSA) is 29.5 Å². The van der Waals surface area contributed by atoms with Crippen LogP contribution in [0, 0.1) is 0 Å². The van der Waals surface area contributed by atoms with E-state index in [0.717, 1.165) is 17.1 Å². The molecule has 0 atom stereocenters. The van der Waals surface area contributed by atoms with E-state index in [4.69, 9.17) is 4.74 Å². The molecule has 1 N–H and O–H groups in total. The molecule has 0 aromatic heterocycles. The van der Waals surface area contributed by atoms with Crippen LogP contribution in [0.25, 0.3) is 0 Å². The number of para-hydroxylation sites is 1. The highest BCUT2D eigenvalue weighted by Crippen LogP contribution is 2.28. The summed E-state index contributed by atoms with van der Waals surface area (Å²) in [6.07, 6.45) is 0. The van der Waals surface area contributed by atoms with Crippen LogP contribution in [-0.2, 0) is 5.41 Å². The zero-order chi connectivity index (χ0) is 13.0. The van der Waals surface area contributed by atoms with Gasteiger partial charge in [-0.05, 0) is 29.8 Å². The van der Waals surface area contributed by atoms with E-state index in [9.17, 15) is 5.11 Å². The summed E-state index contributed by atoms with van der Waals surface area (Å²) in [4.78, 5) is 0. The number of aliphatic hydroxyl groups excluding tert-OH is 1. The molecule has 0 unspecified atom stereocenters. The molecule has 0 aliphatic heterocycles. The van der Waals surface area contributed by atoms with Crippen molar-refractivity contribution in [3.63, 3.8) is 0 Å². The number of hydrogen-bond acceptors (Lipinski definition) is 2. The molecule has 0 fully saturated rings. The minimum absolute atomic E-state index is 0.113. The first-order valence-corrected chi connectivity index (χ1v) is 6.06. The van der Waals surface area contributed by atoms with Crippen LogP contribution in [-0.4, -0.2) is 11.7 Å². The Labute approximate surface area is 108 Å². The number of ether oxygens (including phenoxy) is 1. The highest BCUT2D eigenvalue weighted by atomic mass is 16.5. The minimum atomic E-state index is -0.254. The fourth-order valence-corrected chi connectivity index (χ4v) is 1.70. The van der Waals surface area contributed by atoms with Crippen LogP contribution in [0.4, 0.5) is 0 Å². The van der Waals surface area contributed by atoms with Gasteiger partial charge in [-0.25, -0.2) is 0 Å². The lowest BCUT2D eigenvalue weighted by atomic mass is 9.85. The molecule has 0 aliphatic rings.